The number of rotatable bonds is 10. The van der Waals surface area contributed by atoms with E-state index in [2.05, 4.69) is 5.32 Å². The highest BCUT2D eigenvalue weighted by Gasteiger charge is 2.30. The molecule has 1 saturated carbocycles. The first-order chi connectivity index (χ1) is 15.1. The largest absolute Gasteiger partial charge is 0.484 e. The second kappa shape index (κ2) is 11.5. The van der Waals surface area contributed by atoms with Gasteiger partial charge in [-0.3, -0.25) is 9.59 Å². The minimum absolute atomic E-state index is 0.0499. The lowest BCUT2D eigenvalue weighted by molar-refractivity contribution is -0.142. The van der Waals surface area contributed by atoms with Gasteiger partial charge in [-0.05, 0) is 50.3 Å². The third-order valence-corrected chi connectivity index (χ3v) is 5.95. The third-order valence-electron chi connectivity index (χ3n) is 5.95. The minimum atomic E-state index is -0.488. The summed E-state index contributed by atoms with van der Waals surface area (Å²) < 4.78 is 5.74. The molecule has 0 aromatic heterocycles. The Morgan fingerprint density at radius 2 is 1.74 bits per heavy atom. The van der Waals surface area contributed by atoms with Crippen molar-refractivity contribution in [1.29, 1.82) is 0 Å². The highest BCUT2D eigenvalue weighted by atomic mass is 16.5. The molecule has 166 valence electrons. The van der Waals surface area contributed by atoms with E-state index < -0.39 is 6.04 Å². The molecular formula is C26H34N2O3. The molecule has 0 radical (unpaired) electrons. The van der Waals surface area contributed by atoms with E-state index in [-0.39, 0.29) is 24.5 Å². The monoisotopic (exact) mass is 422 g/mol. The average molecular weight is 423 g/mol. The van der Waals surface area contributed by atoms with Gasteiger partial charge in [0.25, 0.3) is 5.91 Å². The van der Waals surface area contributed by atoms with Crippen LogP contribution in [0.5, 0.6) is 5.75 Å². The Kier molecular flexibility index (Phi) is 8.51. The first-order valence-electron chi connectivity index (χ1n) is 11.4. The van der Waals surface area contributed by atoms with Gasteiger partial charge in [0.2, 0.25) is 5.91 Å². The zero-order valence-corrected chi connectivity index (χ0v) is 18.7. The molecular weight excluding hydrogens is 388 g/mol. The Labute approximate surface area is 185 Å². The highest BCUT2D eigenvalue weighted by molar-refractivity contribution is 5.88. The summed E-state index contributed by atoms with van der Waals surface area (Å²) in [4.78, 5) is 27.9. The maximum atomic E-state index is 13.2. The molecule has 1 atom stereocenters. The van der Waals surface area contributed by atoms with Crippen LogP contribution >= 0.6 is 0 Å². The van der Waals surface area contributed by atoms with Gasteiger partial charge in [-0.1, -0.05) is 67.8 Å². The molecule has 1 N–H and O–H groups in total. The topological polar surface area (TPSA) is 58.6 Å². The van der Waals surface area contributed by atoms with Crippen molar-refractivity contribution in [3.63, 3.8) is 0 Å². The van der Waals surface area contributed by atoms with Gasteiger partial charge in [-0.25, -0.2) is 0 Å². The van der Waals surface area contributed by atoms with Crippen LogP contribution in [0.3, 0.4) is 0 Å². The van der Waals surface area contributed by atoms with Crippen molar-refractivity contribution >= 4 is 11.8 Å². The van der Waals surface area contributed by atoms with E-state index in [4.69, 9.17) is 4.74 Å². The van der Waals surface area contributed by atoms with Gasteiger partial charge in [-0.15, -0.1) is 0 Å². The fraction of sp³-hybridized carbons (Fsp3) is 0.462. The Morgan fingerprint density at radius 3 is 2.39 bits per heavy atom. The van der Waals surface area contributed by atoms with Gasteiger partial charge in [0.15, 0.2) is 6.61 Å². The van der Waals surface area contributed by atoms with Crippen LogP contribution < -0.4 is 10.1 Å². The first kappa shape index (κ1) is 22.9. The predicted octanol–water partition coefficient (Wildman–Crippen LogP) is 4.28. The number of carbonyl (C=O) groups is 2. The zero-order chi connectivity index (χ0) is 22.1. The molecule has 31 heavy (non-hydrogen) atoms. The zero-order valence-electron chi connectivity index (χ0n) is 18.7. The molecule has 5 heteroatoms. The number of nitrogens with zero attached hydrogens (tertiary/aromatic N) is 1. The number of ether oxygens (including phenoxy) is 1. The quantitative estimate of drug-likeness (QED) is 0.622. The lowest BCUT2D eigenvalue weighted by atomic mass is 10.1. The lowest BCUT2D eigenvalue weighted by Gasteiger charge is -2.31. The third kappa shape index (κ3) is 6.84. The summed E-state index contributed by atoms with van der Waals surface area (Å²) in [6, 6.07) is 17.4. The predicted molar refractivity (Wildman–Crippen MR) is 123 cm³/mol. The standard InChI is InChI=1S/C26H34N2O3/c1-3-24(26(30)27-22-11-7-8-12-22)28(18-17-21-9-5-4-6-10-21)25(29)19-31-23-15-13-20(2)14-16-23/h4-6,9-10,13-16,22,24H,3,7-8,11-12,17-19H2,1-2H3,(H,27,30)/t24-/m0/s1. The van der Waals surface area contributed by atoms with E-state index in [0.717, 1.165) is 36.8 Å². The maximum absolute atomic E-state index is 13.2. The fourth-order valence-electron chi connectivity index (χ4n) is 4.13. The fourth-order valence-corrected chi connectivity index (χ4v) is 4.13. The van der Waals surface area contributed by atoms with E-state index in [9.17, 15) is 9.59 Å². The van der Waals surface area contributed by atoms with Crippen LogP contribution in [0.1, 0.15) is 50.2 Å². The van der Waals surface area contributed by atoms with E-state index in [1.807, 2.05) is 68.4 Å². The van der Waals surface area contributed by atoms with Crippen LogP contribution in [0.4, 0.5) is 0 Å². The number of hydrogen-bond donors (Lipinski definition) is 1. The first-order valence-corrected chi connectivity index (χ1v) is 11.4. The summed E-state index contributed by atoms with van der Waals surface area (Å²) in [5, 5.41) is 3.17. The van der Waals surface area contributed by atoms with Crippen LogP contribution in [-0.2, 0) is 16.0 Å². The molecule has 3 rings (SSSR count). The molecule has 1 aliphatic carbocycles. The van der Waals surface area contributed by atoms with Crippen LogP contribution in [0.15, 0.2) is 54.6 Å². The maximum Gasteiger partial charge on any atom is 0.261 e. The highest BCUT2D eigenvalue weighted by Crippen LogP contribution is 2.19. The Bertz CT molecular complexity index is 829. The average Bonchev–Trinajstić information content (AvgIpc) is 3.29. The van der Waals surface area contributed by atoms with E-state index in [0.29, 0.717) is 25.1 Å². The van der Waals surface area contributed by atoms with Crippen molar-refractivity contribution in [2.24, 2.45) is 0 Å². The number of amides is 2. The minimum Gasteiger partial charge on any atom is -0.484 e. The summed E-state index contributed by atoms with van der Waals surface area (Å²) in [5.41, 5.74) is 2.28. The van der Waals surface area contributed by atoms with Crippen molar-refractivity contribution in [2.45, 2.75) is 64.5 Å². The number of carbonyl (C=O) groups excluding carboxylic acids is 2. The number of benzene rings is 2. The lowest BCUT2D eigenvalue weighted by Crippen LogP contribution is -2.52. The second-order valence-corrected chi connectivity index (χ2v) is 8.34. The molecule has 2 amide bonds. The molecule has 0 saturated heterocycles. The molecule has 2 aromatic carbocycles. The molecule has 0 unspecified atom stereocenters. The molecule has 0 aliphatic heterocycles. The van der Waals surface area contributed by atoms with E-state index in [1.54, 1.807) is 4.90 Å². The summed E-state index contributed by atoms with van der Waals surface area (Å²) in [6.45, 7) is 4.37. The van der Waals surface area contributed by atoms with Crippen molar-refractivity contribution in [2.75, 3.05) is 13.2 Å². The normalized spacial score (nSPS) is 14.8. The summed E-state index contributed by atoms with van der Waals surface area (Å²) >= 11 is 0. The van der Waals surface area contributed by atoms with Crippen LogP contribution in [0, 0.1) is 6.92 Å². The van der Waals surface area contributed by atoms with Gasteiger partial charge >= 0.3 is 0 Å². The van der Waals surface area contributed by atoms with Crippen LogP contribution in [0.25, 0.3) is 0 Å². The summed E-state index contributed by atoms with van der Waals surface area (Å²) in [7, 11) is 0. The molecule has 1 aliphatic rings. The van der Waals surface area contributed by atoms with Crippen LogP contribution in [0.2, 0.25) is 0 Å². The summed E-state index contributed by atoms with van der Waals surface area (Å²) in [5.74, 6) is 0.446. The number of nitrogens with one attached hydrogen (secondary N) is 1. The van der Waals surface area contributed by atoms with Gasteiger partial charge in [-0.2, -0.15) is 0 Å². The molecule has 0 bridgehead atoms. The molecule has 2 aromatic rings. The van der Waals surface area contributed by atoms with Crippen molar-refractivity contribution in [3.05, 3.63) is 65.7 Å². The molecule has 0 heterocycles. The van der Waals surface area contributed by atoms with E-state index in [1.165, 1.54) is 0 Å². The van der Waals surface area contributed by atoms with Gasteiger partial charge < -0.3 is 15.0 Å². The van der Waals surface area contributed by atoms with Gasteiger partial charge in [0, 0.05) is 12.6 Å². The van der Waals surface area contributed by atoms with Crippen molar-refractivity contribution in [3.8, 4) is 5.75 Å². The smallest absolute Gasteiger partial charge is 0.261 e. The second-order valence-electron chi connectivity index (χ2n) is 8.34. The number of hydrogen-bond acceptors (Lipinski definition) is 3. The Hall–Kier alpha value is -2.82. The molecule has 5 nitrogen and oxygen atoms in total. The Morgan fingerprint density at radius 1 is 1.06 bits per heavy atom. The molecule has 1 fully saturated rings. The molecule has 0 spiro atoms. The van der Waals surface area contributed by atoms with E-state index >= 15 is 0 Å². The Balaban J connectivity index is 1.68. The van der Waals surface area contributed by atoms with Gasteiger partial charge in [0.1, 0.15) is 11.8 Å². The number of aryl methyl sites for hydroxylation is 1. The van der Waals surface area contributed by atoms with Gasteiger partial charge in [0.05, 0.1) is 0 Å². The van der Waals surface area contributed by atoms with Crippen molar-refractivity contribution in [1.82, 2.24) is 10.2 Å². The SMILES string of the molecule is CC[C@@H](C(=O)NC1CCCC1)N(CCc1ccccc1)C(=O)COc1ccc(C)cc1. The van der Waals surface area contributed by atoms with Crippen LogP contribution in [-0.4, -0.2) is 41.9 Å². The van der Waals surface area contributed by atoms with Crippen molar-refractivity contribution < 1.29 is 14.3 Å². The summed E-state index contributed by atoms with van der Waals surface area (Å²) in [6.07, 6.45) is 5.63.